The monoisotopic (exact) mass is 267 g/mol. The van der Waals surface area contributed by atoms with Crippen molar-refractivity contribution >= 4 is 23.3 Å². The third-order valence-corrected chi connectivity index (χ3v) is 3.10. The number of aromatic amines is 2. The number of rotatable bonds is 4. The molecule has 2 rings (SSSR count). The molecule has 0 aliphatic carbocycles. The van der Waals surface area contributed by atoms with Crippen LogP contribution in [0.25, 0.3) is 11.0 Å². The van der Waals surface area contributed by atoms with Crippen LogP contribution in [0.2, 0.25) is 0 Å². The standard InChI is InChI=1S/C12H17N3O2S/c1-4-17-12(2,3)7-15-8-5-6-13-9(8)10(16)14-11(15)18/h5-6,13H,4,7H2,1-3H3,(H,14,16,18). The molecule has 0 saturated carbocycles. The van der Waals surface area contributed by atoms with E-state index in [1.807, 2.05) is 31.4 Å². The molecule has 0 aliphatic rings. The largest absolute Gasteiger partial charge is 0.374 e. The van der Waals surface area contributed by atoms with Crippen molar-refractivity contribution in [1.29, 1.82) is 0 Å². The van der Waals surface area contributed by atoms with Crippen LogP contribution in [0.1, 0.15) is 20.8 Å². The van der Waals surface area contributed by atoms with Crippen LogP contribution < -0.4 is 5.56 Å². The molecule has 0 spiro atoms. The van der Waals surface area contributed by atoms with Gasteiger partial charge in [0.2, 0.25) is 0 Å². The second kappa shape index (κ2) is 4.70. The highest BCUT2D eigenvalue weighted by Crippen LogP contribution is 2.16. The van der Waals surface area contributed by atoms with Crippen molar-refractivity contribution in [3.8, 4) is 0 Å². The Morgan fingerprint density at radius 3 is 2.89 bits per heavy atom. The van der Waals surface area contributed by atoms with Gasteiger partial charge in [-0.1, -0.05) is 0 Å². The molecule has 0 fully saturated rings. The summed E-state index contributed by atoms with van der Waals surface area (Å²) in [5.74, 6) is 0. The van der Waals surface area contributed by atoms with Gasteiger partial charge in [-0.05, 0) is 39.1 Å². The van der Waals surface area contributed by atoms with Gasteiger partial charge in [0.05, 0.1) is 17.7 Å². The number of hydrogen-bond donors (Lipinski definition) is 2. The predicted octanol–water partition coefficient (Wildman–Crippen LogP) is 2.20. The predicted molar refractivity (Wildman–Crippen MR) is 73.4 cm³/mol. The van der Waals surface area contributed by atoms with E-state index in [9.17, 15) is 4.79 Å². The number of ether oxygens (including phenoxy) is 1. The summed E-state index contributed by atoms with van der Waals surface area (Å²) < 4.78 is 7.98. The summed E-state index contributed by atoms with van der Waals surface area (Å²) in [5, 5.41) is 0. The van der Waals surface area contributed by atoms with E-state index in [2.05, 4.69) is 9.97 Å². The van der Waals surface area contributed by atoms with Crippen LogP contribution in [0.5, 0.6) is 0 Å². The van der Waals surface area contributed by atoms with E-state index < -0.39 is 0 Å². The summed E-state index contributed by atoms with van der Waals surface area (Å²) in [6.07, 6.45) is 1.73. The van der Waals surface area contributed by atoms with E-state index >= 15 is 0 Å². The van der Waals surface area contributed by atoms with Gasteiger partial charge in [0.15, 0.2) is 4.77 Å². The maximum atomic E-state index is 11.7. The molecule has 2 heterocycles. The molecule has 0 unspecified atom stereocenters. The minimum Gasteiger partial charge on any atom is -0.374 e. The Morgan fingerprint density at radius 1 is 1.50 bits per heavy atom. The first kappa shape index (κ1) is 13.0. The smallest absolute Gasteiger partial charge is 0.276 e. The van der Waals surface area contributed by atoms with Crippen LogP contribution >= 0.6 is 12.2 Å². The topological polar surface area (TPSA) is 62.8 Å². The molecule has 2 N–H and O–H groups in total. The van der Waals surface area contributed by atoms with E-state index in [1.54, 1.807) is 6.20 Å². The van der Waals surface area contributed by atoms with Crippen molar-refractivity contribution in [3.05, 3.63) is 27.4 Å². The minimum atomic E-state index is -0.338. The summed E-state index contributed by atoms with van der Waals surface area (Å²) in [7, 11) is 0. The third-order valence-electron chi connectivity index (χ3n) is 2.78. The fraction of sp³-hybridized carbons (Fsp3) is 0.500. The van der Waals surface area contributed by atoms with Crippen LogP contribution in [0.3, 0.4) is 0 Å². The van der Waals surface area contributed by atoms with Crippen LogP contribution in [-0.4, -0.2) is 26.7 Å². The lowest BCUT2D eigenvalue weighted by Crippen LogP contribution is -2.32. The van der Waals surface area contributed by atoms with Crippen molar-refractivity contribution in [2.75, 3.05) is 6.61 Å². The Hall–Kier alpha value is -1.40. The molecule has 2 aromatic rings. The minimum absolute atomic E-state index is 0.189. The summed E-state index contributed by atoms with van der Waals surface area (Å²) >= 11 is 5.22. The van der Waals surface area contributed by atoms with E-state index in [4.69, 9.17) is 17.0 Å². The third kappa shape index (κ3) is 2.39. The summed E-state index contributed by atoms with van der Waals surface area (Å²) in [6, 6.07) is 1.85. The van der Waals surface area contributed by atoms with E-state index in [0.717, 1.165) is 5.52 Å². The Bertz CT molecular complexity index is 666. The zero-order valence-electron chi connectivity index (χ0n) is 10.7. The van der Waals surface area contributed by atoms with Crippen LogP contribution in [-0.2, 0) is 11.3 Å². The second-order valence-corrected chi connectivity index (χ2v) is 5.16. The highest BCUT2D eigenvalue weighted by Gasteiger charge is 2.20. The Labute approximate surface area is 110 Å². The maximum absolute atomic E-state index is 11.7. The van der Waals surface area contributed by atoms with Crippen LogP contribution in [0.15, 0.2) is 17.1 Å². The lowest BCUT2D eigenvalue weighted by atomic mass is 10.1. The molecule has 0 aromatic carbocycles. The molecule has 18 heavy (non-hydrogen) atoms. The summed E-state index contributed by atoms with van der Waals surface area (Å²) in [4.78, 5) is 17.3. The molecule has 98 valence electrons. The first-order valence-corrected chi connectivity index (χ1v) is 6.29. The van der Waals surface area contributed by atoms with Crippen molar-refractivity contribution in [1.82, 2.24) is 14.5 Å². The maximum Gasteiger partial charge on any atom is 0.276 e. The molecule has 0 bridgehead atoms. The van der Waals surface area contributed by atoms with Gasteiger partial charge in [-0.25, -0.2) is 0 Å². The molecule has 2 aromatic heterocycles. The van der Waals surface area contributed by atoms with Gasteiger partial charge >= 0.3 is 0 Å². The molecule has 0 saturated heterocycles. The van der Waals surface area contributed by atoms with Gasteiger partial charge in [-0.15, -0.1) is 0 Å². The van der Waals surface area contributed by atoms with Crippen LogP contribution in [0.4, 0.5) is 0 Å². The van der Waals surface area contributed by atoms with E-state index in [-0.39, 0.29) is 11.2 Å². The Kier molecular flexibility index (Phi) is 3.41. The SMILES string of the molecule is CCOC(C)(C)Cn1c(=S)[nH]c(=O)c2[nH]ccc21. The average molecular weight is 267 g/mol. The number of H-pyrrole nitrogens is 2. The molecule has 6 heteroatoms. The molecule has 0 atom stereocenters. The van der Waals surface area contributed by atoms with Crippen molar-refractivity contribution < 1.29 is 4.74 Å². The first-order valence-electron chi connectivity index (χ1n) is 5.89. The van der Waals surface area contributed by atoms with Crippen LogP contribution in [0, 0.1) is 4.77 Å². The van der Waals surface area contributed by atoms with E-state index in [1.165, 1.54) is 0 Å². The number of fused-ring (bicyclic) bond motifs is 1. The normalized spacial score (nSPS) is 12.2. The zero-order valence-corrected chi connectivity index (χ0v) is 11.6. The second-order valence-electron chi connectivity index (χ2n) is 4.78. The van der Waals surface area contributed by atoms with Gasteiger partial charge in [-0.2, -0.15) is 0 Å². The highest BCUT2D eigenvalue weighted by atomic mass is 32.1. The molecule has 5 nitrogen and oxygen atoms in total. The van der Waals surface area contributed by atoms with Gasteiger partial charge in [0, 0.05) is 12.8 Å². The van der Waals surface area contributed by atoms with Crippen molar-refractivity contribution in [2.45, 2.75) is 32.9 Å². The average Bonchev–Trinajstić information content (AvgIpc) is 2.73. The number of nitrogens with one attached hydrogen (secondary N) is 2. The molecular weight excluding hydrogens is 250 g/mol. The summed E-state index contributed by atoms with van der Waals surface area (Å²) in [5.41, 5.74) is 0.813. The van der Waals surface area contributed by atoms with E-state index in [0.29, 0.717) is 23.4 Å². The first-order chi connectivity index (χ1) is 8.44. The Balaban J connectivity index is 2.54. The molecular formula is C12H17N3O2S. The fourth-order valence-corrected chi connectivity index (χ4v) is 2.33. The number of nitrogens with zero attached hydrogens (tertiary/aromatic N) is 1. The zero-order chi connectivity index (χ0) is 13.3. The lowest BCUT2D eigenvalue weighted by molar-refractivity contribution is -0.0220. The molecule has 0 amide bonds. The number of aromatic nitrogens is 3. The molecule has 0 radical (unpaired) electrons. The quantitative estimate of drug-likeness (QED) is 0.835. The van der Waals surface area contributed by atoms with Gasteiger partial charge in [0.25, 0.3) is 5.56 Å². The lowest BCUT2D eigenvalue weighted by Gasteiger charge is -2.26. The van der Waals surface area contributed by atoms with Crippen molar-refractivity contribution in [3.63, 3.8) is 0 Å². The Morgan fingerprint density at radius 2 is 2.22 bits per heavy atom. The number of hydrogen-bond acceptors (Lipinski definition) is 3. The summed E-state index contributed by atoms with van der Waals surface area (Å²) in [6.45, 7) is 7.19. The van der Waals surface area contributed by atoms with Crippen molar-refractivity contribution in [2.24, 2.45) is 0 Å². The molecule has 0 aliphatic heterocycles. The highest BCUT2D eigenvalue weighted by molar-refractivity contribution is 7.71. The van der Waals surface area contributed by atoms with Gasteiger partial charge < -0.3 is 14.3 Å². The van der Waals surface area contributed by atoms with Gasteiger partial charge in [-0.3, -0.25) is 9.78 Å². The fourth-order valence-electron chi connectivity index (χ4n) is 2.08. The van der Waals surface area contributed by atoms with Gasteiger partial charge in [0.1, 0.15) is 5.52 Å².